The summed E-state index contributed by atoms with van der Waals surface area (Å²) in [5, 5.41) is 4.29. The van der Waals surface area contributed by atoms with Crippen LogP contribution in [0.25, 0.3) is 10.2 Å². The third-order valence-electron chi connectivity index (χ3n) is 3.04. The molecule has 21 heavy (non-hydrogen) atoms. The molecule has 0 amide bonds. The molecule has 0 unspecified atom stereocenters. The average molecular weight is 316 g/mol. The zero-order chi connectivity index (χ0) is 14.7. The Morgan fingerprint density at radius 3 is 2.90 bits per heavy atom. The molecule has 0 saturated carbocycles. The van der Waals surface area contributed by atoms with Crippen LogP contribution in [0.2, 0.25) is 0 Å². The van der Waals surface area contributed by atoms with Crippen LogP contribution >= 0.6 is 23.1 Å². The van der Waals surface area contributed by atoms with Crippen LogP contribution in [0, 0.1) is 6.92 Å². The van der Waals surface area contributed by atoms with Crippen molar-refractivity contribution < 1.29 is 0 Å². The third-order valence-corrected chi connectivity index (χ3v) is 5.24. The molecule has 1 aromatic carbocycles. The number of fused-ring (bicyclic) bond motifs is 1. The van der Waals surface area contributed by atoms with Crippen molar-refractivity contribution in [3.05, 3.63) is 36.2 Å². The first-order valence-electron chi connectivity index (χ1n) is 6.87. The number of hydrogen-bond donors (Lipinski definition) is 1. The Kier molecular flexibility index (Phi) is 4.36. The molecular weight excluding hydrogens is 300 g/mol. The van der Waals surface area contributed by atoms with Gasteiger partial charge in [-0.25, -0.2) is 15.0 Å². The maximum Gasteiger partial charge on any atom is 0.157 e. The highest BCUT2D eigenvalue weighted by Crippen LogP contribution is 2.35. The summed E-state index contributed by atoms with van der Waals surface area (Å²) in [4.78, 5) is 13.3. The predicted molar refractivity (Wildman–Crippen MR) is 89.3 cm³/mol. The van der Waals surface area contributed by atoms with Gasteiger partial charge in [0, 0.05) is 12.1 Å². The highest BCUT2D eigenvalue weighted by molar-refractivity contribution is 8.01. The Morgan fingerprint density at radius 1 is 1.24 bits per heavy atom. The number of para-hydroxylation sites is 1. The van der Waals surface area contributed by atoms with E-state index in [2.05, 4.69) is 33.3 Å². The van der Waals surface area contributed by atoms with Gasteiger partial charge in [-0.2, -0.15) is 0 Å². The van der Waals surface area contributed by atoms with Crippen LogP contribution < -0.4 is 5.32 Å². The lowest BCUT2D eigenvalue weighted by Crippen LogP contribution is -2.05. The SMILES string of the molecule is CCCNc1ncnc(Sc2nc3ccccc3s2)c1C. The maximum absolute atomic E-state index is 4.64. The fourth-order valence-electron chi connectivity index (χ4n) is 1.94. The Bertz CT molecular complexity index is 721. The molecule has 4 nitrogen and oxygen atoms in total. The summed E-state index contributed by atoms with van der Waals surface area (Å²) < 4.78 is 2.22. The summed E-state index contributed by atoms with van der Waals surface area (Å²) in [7, 11) is 0. The van der Waals surface area contributed by atoms with E-state index < -0.39 is 0 Å². The number of thiazole rings is 1. The predicted octanol–water partition coefficient (Wildman–Crippen LogP) is 4.37. The highest BCUT2D eigenvalue weighted by atomic mass is 32.2. The molecule has 1 N–H and O–H groups in total. The highest BCUT2D eigenvalue weighted by Gasteiger charge is 2.11. The van der Waals surface area contributed by atoms with Crippen molar-refractivity contribution in [2.75, 3.05) is 11.9 Å². The summed E-state index contributed by atoms with van der Waals surface area (Å²) >= 11 is 3.30. The quantitative estimate of drug-likeness (QED) is 0.708. The van der Waals surface area contributed by atoms with Crippen molar-refractivity contribution in [1.29, 1.82) is 0 Å². The van der Waals surface area contributed by atoms with Crippen molar-refractivity contribution in [1.82, 2.24) is 15.0 Å². The van der Waals surface area contributed by atoms with Crippen LogP contribution in [0.1, 0.15) is 18.9 Å². The fraction of sp³-hybridized carbons (Fsp3) is 0.267. The molecule has 0 saturated heterocycles. The second kappa shape index (κ2) is 6.41. The van der Waals surface area contributed by atoms with Crippen LogP contribution in [0.5, 0.6) is 0 Å². The van der Waals surface area contributed by atoms with Gasteiger partial charge in [-0.3, -0.25) is 0 Å². The zero-order valence-corrected chi connectivity index (χ0v) is 13.6. The van der Waals surface area contributed by atoms with E-state index in [0.717, 1.165) is 39.2 Å². The number of rotatable bonds is 5. The molecule has 0 aliphatic heterocycles. The van der Waals surface area contributed by atoms with E-state index in [-0.39, 0.29) is 0 Å². The smallest absolute Gasteiger partial charge is 0.157 e. The number of hydrogen-bond acceptors (Lipinski definition) is 6. The summed E-state index contributed by atoms with van der Waals surface area (Å²) in [5.74, 6) is 0.912. The van der Waals surface area contributed by atoms with Crippen LogP contribution in [0.15, 0.2) is 40.0 Å². The monoisotopic (exact) mass is 316 g/mol. The lowest BCUT2D eigenvalue weighted by atomic mass is 10.3. The lowest BCUT2D eigenvalue weighted by Gasteiger charge is -2.09. The number of nitrogens with zero attached hydrogens (tertiary/aromatic N) is 3. The first-order chi connectivity index (χ1) is 10.3. The first-order valence-corrected chi connectivity index (χ1v) is 8.50. The number of benzene rings is 1. The topological polar surface area (TPSA) is 50.7 Å². The molecule has 0 radical (unpaired) electrons. The van der Waals surface area contributed by atoms with Gasteiger partial charge >= 0.3 is 0 Å². The van der Waals surface area contributed by atoms with Gasteiger partial charge in [0.25, 0.3) is 0 Å². The van der Waals surface area contributed by atoms with Gasteiger partial charge in [-0.05, 0) is 37.2 Å². The summed E-state index contributed by atoms with van der Waals surface area (Å²) in [6.07, 6.45) is 2.68. The van der Waals surface area contributed by atoms with Gasteiger partial charge in [0.05, 0.1) is 10.2 Å². The molecule has 6 heteroatoms. The molecular formula is C15H16N4S2. The van der Waals surface area contributed by atoms with Gasteiger partial charge in [-0.1, -0.05) is 19.1 Å². The largest absolute Gasteiger partial charge is 0.370 e. The van der Waals surface area contributed by atoms with Gasteiger partial charge in [-0.15, -0.1) is 11.3 Å². The second-order valence-electron chi connectivity index (χ2n) is 4.63. The Hall–Kier alpha value is -1.66. The summed E-state index contributed by atoms with van der Waals surface area (Å²) in [6, 6.07) is 8.19. The zero-order valence-electron chi connectivity index (χ0n) is 12.0. The maximum atomic E-state index is 4.64. The van der Waals surface area contributed by atoms with E-state index >= 15 is 0 Å². The molecule has 0 atom stereocenters. The molecule has 0 spiro atoms. The number of anilines is 1. The van der Waals surface area contributed by atoms with Crippen molar-refractivity contribution in [2.45, 2.75) is 29.6 Å². The summed E-state index contributed by atoms with van der Waals surface area (Å²) in [6.45, 7) is 5.11. The van der Waals surface area contributed by atoms with Gasteiger partial charge in [0.1, 0.15) is 17.2 Å². The lowest BCUT2D eigenvalue weighted by molar-refractivity contribution is 0.938. The van der Waals surface area contributed by atoms with Crippen molar-refractivity contribution in [3.63, 3.8) is 0 Å². The summed E-state index contributed by atoms with van der Waals surface area (Å²) in [5.41, 5.74) is 2.12. The average Bonchev–Trinajstić information content (AvgIpc) is 2.90. The van der Waals surface area contributed by atoms with Crippen LogP contribution in [0.3, 0.4) is 0 Å². The van der Waals surface area contributed by atoms with E-state index in [1.54, 1.807) is 29.4 Å². The molecule has 2 aromatic heterocycles. The molecule has 0 bridgehead atoms. The van der Waals surface area contributed by atoms with Crippen LogP contribution in [-0.2, 0) is 0 Å². The van der Waals surface area contributed by atoms with E-state index in [9.17, 15) is 0 Å². The van der Waals surface area contributed by atoms with Crippen molar-refractivity contribution in [3.8, 4) is 0 Å². The first kappa shape index (κ1) is 14.3. The Labute approximate surface area is 132 Å². The molecule has 3 rings (SSSR count). The minimum Gasteiger partial charge on any atom is -0.370 e. The molecule has 0 fully saturated rings. The molecule has 108 valence electrons. The van der Waals surface area contributed by atoms with Crippen LogP contribution in [0.4, 0.5) is 5.82 Å². The second-order valence-corrected chi connectivity index (χ2v) is 6.90. The van der Waals surface area contributed by atoms with Gasteiger partial charge in [0.15, 0.2) is 4.34 Å². The standard InChI is InChI=1S/C15H16N4S2/c1-3-8-16-13-10(2)14(18-9-17-13)21-15-19-11-6-4-5-7-12(11)20-15/h4-7,9H,3,8H2,1-2H3,(H,16,17,18). The third kappa shape index (κ3) is 3.16. The van der Waals surface area contributed by atoms with E-state index in [1.807, 2.05) is 25.1 Å². The Balaban J connectivity index is 1.87. The van der Waals surface area contributed by atoms with Crippen LogP contribution in [-0.4, -0.2) is 21.5 Å². The number of nitrogens with one attached hydrogen (secondary N) is 1. The minimum absolute atomic E-state index is 0.912. The Morgan fingerprint density at radius 2 is 2.10 bits per heavy atom. The minimum atomic E-state index is 0.912. The molecule has 3 aromatic rings. The number of aromatic nitrogens is 3. The normalized spacial score (nSPS) is 11.0. The van der Waals surface area contributed by atoms with E-state index in [4.69, 9.17) is 0 Å². The van der Waals surface area contributed by atoms with Gasteiger partial charge in [0.2, 0.25) is 0 Å². The molecule has 0 aliphatic carbocycles. The van der Waals surface area contributed by atoms with E-state index in [1.165, 1.54) is 4.70 Å². The van der Waals surface area contributed by atoms with Gasteiger partial charge < -0.3 is 5.32 Å². The van der Waals surface area contributed by atoms with Crippen molar-refractivity contribution >= 4 is 39.1 Å². The molecule has 0 aliphatic rings. The molecule has 2 heterocycles. The van der Waals surface area contributed by atoms with E-state index in [0.29, 0.717) is 0 Å². The van der Waals surface area contributed by atoms with Crippen molar-refractivity contribution in [2.24, 2.45) is 0 Å². The fourth-order valence-corrected chi connectivity index (χ4v) is 3.96.